The standard InChI is InChI=1S/C18H18N2/c1-3-14-10-11-16(4-2)18(12-19,13-20)17(14)15-8-6-5-7-9-15/h3-9,14,16-17H,1-2,10-11H2/t14-,16-,17+/m1/s1. The van der Waals surface area contributed by atoms with E-state index in [9.17, 15) is 10.5 Å². The molecule has 2 nitrogen and oxygen atoms in total. The van der Waals surface area contributed by atoms with Gasteiger partial charge in [-0.15, -0.1) is 13.2 Å². The lowest BCUT2D eigenvalue weighted by molar-refractivity contribution is 0.184. The van der Waals surface area contributed by atoms with Crippen LogP contribution >= 0.6 is 0 Å². The van der Waals surface area contributed by atoms with Crippen LogP contribution in [0.1, 0.15) is 24.3 Å². The van der Waals surface area contributed by atoms with E-state index in [-0.39, 0.29) is 17.8 Å². The maximum atomic E-state index is 9.73. The zero-order chi connectivity index (χ0) is 14.6. The van der Waals surface area contributed by atoms with Gasteiger partial charge in [0.25, 0.3) is 0 Å². The number of nitriles is 2. The zero-order valence-electron chi connectivity index (χ0n) is 11.5. The van der Waals surface area contributed by atoms with Gasteiger partial charge >= 0.3 is 0 Å². The van der Waals surface area contributed by atoms with Crippen LogP contribution in [-0.4, -0.2) is 0 Å². The Balaban J connectivity index is 2.61. The Labute approximate surface area is 120 Å². The molecule has 1 aromatic carbocycles. The van der Waals surface area contributed by atoms with E-state index < -0.39 is 5.41 Å². The van der Waals surface area contributed by atoms with Crippen molar-refractivity contribution in [2.75, 3.05) is 0 Å². The second-order valence-corrected chi connectivity index (χ2v) is 5.30. The fourth-order valence-electron chi connectivity index (χ4n) is 3.39. The summed E-state index contributed by atoms with van der Waals surface area (Å²) in [7, 11) is 0. The summed E-state index contributed by atoms with van der Waals surface area (Å²) in [6.45, 7) is 7.73. The van der Waals surface area contributed by atoms with Crippen molar-refractivity contribution < 1.29 is 0 Å². The number of allylic oxidation sites excluding steroid dienone is 2. The average Bonchev–Trinajstić information content (AvgIpc) is 2.53. The molecule has 0 aliphatic heterocycles. The minimum absolute atomic E-state index is 0.0982. The predicted molar refractivity (Wildman–Crippen MR) is 79.5 cm³/mol. The highest BCUT2D eigenvalue weighted by Crippen LogP contribution is 2.53. The van der Waals surface area contributed by atoms with Crippen molar-refractivity contribution in [3.8, 4) is 12.1 Å². The fourth-order valence-corrected chi connectivity index (χ4v) is 3.39. The van der Waals surface area contributed by atoms with Gasteiger partial charge in [-0.1, -0.05) is 42.5 Å². The minimum atomic E-state index is -1.06. The first kappa shape index (κ1) is 14.1. The summed E-state index contributed by atoms with van der Waals surface area (Å²) >= 11 is 0. The summed E-state index contributed by atoms with van der Waals surface area (Å²) in [5.41, 5.74) is -0.0210. The Morgan fingerprint density at radius 2 is 1.70 bits per heavy atom. The van der Waals surface area contributed by atoms with Crippen molar-refractivity contribution in [1.82, 2.24) is 0 Å². The fraction of sp³-hybridized carbons (Fsp3) is 0.333. The average molecular weight is 262 g/mol. The summed E-state index contributed by atoms with van der Waals surface area (Å²) < 4.78 is 0. The van der Waals surface area contributed by atoms with Crippen LogP contribution in [-0.2, 0) is 0 Å². The first-order valence-electron chi connectivity index (χ1n) is 6.86. The third-order valence-electron chi connectivity index (χ3n) is 4.43. The van der Waals surface area contributed by atoms with Crippen molar-refractivity contribution in [2.45, 2.75) is 18.8 Å². The number of nitrogens with zero attached hydrogens (tertiary/aromatic N) is 2. The van der Waals surface area contributed by atoms with E-state index in [1.807, 2.05) is 36.4 Å². The van der Waals surface area contributed by atoms with Gasteiger partial charge in [0.2, 0.25) is 0 Å². The Morgan fingerprint density at radius 1 is 1.05 bits per heavy atom. The van der Waals surface area contributed by atoms with Gasteiger partial charge in [0.15, 0.2) is 5.41 Å². The lowest BCUT2D eigenvalue weighted by atomic mass is 9.56. The van der Waals surface area contributed by atoms with Gasteiger partial charge < -0.3 is 0 Å². The van der Waals surface area contributed by atoms with Crippen molar-refractivity contribution in [3.05, 3.63) is 61.2 Å². The molecule has 0 N–H and O–H groups in total. The molecule has 0 spiro atoms. The normalized spacial score (nSPS) is 27.8. The van der Waals surface area contributed by atoms with Crippen molar-refractivity contribution >= 4 is 0 Å². The number of benzene rings is 1. The molecule has 2 heteroatoms. The SMILES string of the molecule is C=C[C@@H]1CC[C@@H](C=C)C(C#N)(C#N)[C@@H]1c1ccccc1. The number of hydrogen-bond acceptors (Lipinski definition) is 2. The first-order chi connectivity index (χ1) is 9.73. The molecule has 100 valence electrons. The van der Waals surface area contributed by atoms with Gasteiger partial charge in [0.05, 0.1) is 12.1 Å². The van der Waals surface area contributed by atoms with E-state index in [1.165, 1.54) is 0 Å². The highest BCUT2D eigenvalue weighted by atomic mass is 14.5. The van der Waals surface area contributed by atoms with Gasteiger partial charge in [0.1, 0.15) is 0 Å². The van der Waals surface area contributed by atoms with Crippen LogP contribution < -0.4 is 0 Å². The molecule has 0 radical (unpaired) electrons. The Morgan fingerprint density at radius 3 is 2.20 bits per heavy atom. The third-order valence-corrected chi connectivity index (χ3v) is 4.43. The van der Waals surface area contributed by atoms with E-state index >= 15 is 0 Å². The van der Waals surface area contributed by atoms with Gasteiger partial charge in [-0.05, 0) is 24.3 Å². The van der Waals surface area contributed by atoms with Crippen LogP contribution in [0.4, 0.5) is 0 Å². The quantitative estimate of drug-likeness (QED) is 0.766. The van der Waals surface area contributed by atoms with Crippen LogP contribution in [0.3, 0.4) is 0 Å². The molecular weight excluding hydrogens is 244 g/mol. The van der Waals surface area contributed by atoms with Gasteiger partial charge in [-0.3, -0.25) is 0 Å². The Hall–Kier alpha value is -2.32. The minimum Gasteiger partial charge on any atom is -0.197 e. The van der Waals surface area contributed by atoms with Gasteiger partial charge in [-0.25, -0.2) is 0 Å². The zero-order valence-corrected chi connectivity index (χ0v) is 11.5. The molecule has 1 aliphatic carbocycles. The van der Waals surface area contributed by atoms with E-state index in [4.69, 9.17) is 0 Å². The van der Waals surface area contributed by atoms with Crippen molar-refractivity contribution in [2.24, 2.45) is 17.3 Å². The van der Waals surface area contributed by atoms with Crippen molar-refractivity contribution in [1.29, 1.82) is 10.5 Å². The van der Waals surface area contributed by atoms with E-state index in [0.717, 1.165) is 18.4 Å². The van der Waals surface area contributed by atoms with Gasteiger partial charge in [0, 0.05) is 11.8 Å². The topological polar surface area (TPSA) is 47.6 Å². The van der Waals surface area contributed by atoms with Crippen LogP contribution in [0.2, 0.25) is 0 Å². The maximum absolute atomic E-state index is 9.73. The van der Waals surface area contributed by atoms with Crippen LogP contribution in [0, 0.1) is 39.9 Å². The highest BCUT2D eigenvalue weighted by Gasteiger charge is 2.51. The van der Waals surface area contributed by atoms with E-state index in [2.05, 4.69) is 25.3 Å². The summed E-state index contributed by atoms with van der Waals surface area (Å²) in [6.07, 6.45) is 5.40. The van der Waals surface area contributed by atoms with Crippen LogP contribution in [0.15, 0.2) is 55.6 Å². The summed E-state index contributed by atoms with van der Waals surface area (Å²) in [5.74, 6) is -0.0974. The monoisotopic (exact) mass is 262 g/mol. The predicted octanol–water partition coefficient (Wildman–Crippen LogP) is 4.20. The molecule has 3 atom stereocenters. The number of hydrogen-bond donors (Lipinski definition) is 0. The molecule has 20 heavy (non-hydrogen) atoms. The second kappa shape index (κ2) is 5.76. The highest BCUT2D eigenvalue weighted by molar-refractivity contribution is 5.36. The molecular formula is C18H18N2. The molecule has 1 saturated carbocycles. The molecule has 1 aliphatic rings. The van der Waals surface area contributed by atoms with Crippen LogP contribution in [0.25, 0.3) is 0 Å². The first-order valence-corrected chi connectivity index (χ1v) is 6.86. The maximum Gasteiger partial charge on any atom is 0.157 e. The largest absolute Gasteiger partial charge is 0.197 e. The lowest BCUT2D eigenvalue weighted by Gasteiger charge is -2.43. The molecule has 0 heterocycles. The third kappa shape index (κ3) is 2.04. The molecule has 1 aromatic rings. The molecule has 0 saturated heterocycles. The number of rotatable bonds is 3. The lowest BCUT2D eigenvalue weighted by Crippen LogP contribution is -2.41. The van der Waals surface area contributed by atoms with E-state index in [0.29, 0.717) is 0 Å². The molecule has 2 rings (SSSR count). The molecule has 1 fully saturated rings. The Kier molecular flexibility index (Phi) is 4.06. The molecule has 0 amide bonds. The summed E-state index contributed by atoms with van der Waals surface area (Å²) in [6, 6.07) is 14.4. The Bertz CT molecular complexity index is 560. The second-order valence-electron chi connectivity index (χ2n) is 5.30. The van der Waals surface area contributed by atoms with Crippen LogP contribution in [0.5, 0.6) is 0 Å². The van der Waals surface area contributed by atoms with Gasteiger partial charge in [-0.2, -0.15) is 10.5 Å². The summed E-state index contributed by atoms with van der Waals surface area (Å²) in [4.78, 5) is 0. The molecule has 0 bridgehead atoms. The summed E-state index contributed by atoms with van der Waals surface area (Å²) in [5, 5.41) is 19.5. The molecule has 0 aromatic heterocycles. The molecule has 0 unspecified atom stereocenters. The smallest absolute Gasteiger partial charge is 0.157 e. The van der Waals surface area contributed by atoms with E-state index in [1.54, 1.807) is 6.08 Å². The van der Waals surface area contributed by atoms with Crippen molar-refractivity contribution in [3.63, 3.8) is 0 Å².